The standard InChI is InChI=1S/C18H17Cl3O3S.C9H15N3O2/c19-13-3-1-12(2-4-13)11-24-15-6-7-16(10-15)25(22,23)18-8-5-14(20)9-17(18)21;1-2-12-5-3-9(7-10,4-6-12)11-8(13)14/h1-5,8-9,15-16H,6-7,10-11H2;11H,2-6H2,1H3,(H,13,14)/t15-,16-;/m1./s1. The first-order valence-corrected chi connectivity index (χ1v) is 15.4. The van der Waals surface area contributed by atoms with Crippen molar-refractivity contribution < 1.29 is 23.1 Å². The lowest BCUT2D eigenvalue weighted by molar-refractivity contribution is 0.0458. The highest BCUT2D eigenvalue weighted by atomic mass is 35.5. The van der Waals surface area contributed by atoms with Gasteiger partial charge in [-0.25, -0.2) is 13.2 Å². The number of amides is 1. The second kappa shape index (κ2) is 14.0. The quantitative estimate of drug-likeness (QED) is 0.381. The molecule has 0 radical (unpaired) electrons. The topological polar surface area (TPSA) is 120 Å². The summed E-state index contributed by atoms with van der Waals surface area (Å²) >= 11 is 17.8. The Balaban J connectivity index is 0.000000255. The van der Waals surface area contributed by atoms with E-state index in [1.54, 1.807) is 6.07 Å². The van der Waals surface area contributed by atoms with Crippen molar-refractivity contribution in [3.63, 3.8) is 0 Å². The van der Waals surface area contributed by atoms with Crippen LogP contribution < -0.4 is 5.32 Å². The van der Waals surface area contributed by atoms with Crippen LogP contribution in [0.1, 0.15) is 44.6 Å². The van der Waals surface area contributed by atoms with E-state index in [9.17, 15) is 13.2 Å². The Kier molecular flexibility index (Phi) is 11.3. The average Bonchev–Trinajstić information content (AvgIpc) is 3.39. The summed E-state index contributed by atoms with van der Waals surface area (Å²) in [6.07, 6.45) is 1.69. The van der Waals surface area contributed by atoms with Gasteiger partial charge in [0, 0.05) is 23.1 Å². The molecule has 2 aromatic rings. The highest BCUT2D eigenvalue weighted by molar-refractivity contribution is 7.92. The van der Waals surface area contributed by atoms with Gasteiger partial charge >= 0.3 is 6.09 Å². The van der Waals surface area contributed by atoms with Gasteiger partial charge in [0.1, 0.15) is 5.54 Å². The molecule has 1 aliphatic heterocycles. The molecule has 1 heterocycles. The number of hydrogen-bond donors (Lipinski definition) is 2. The van der Waals surface area contributed by atoms with Gasteiger partial charge in [0.15, 0.2) is 9.84 Å². The molecule has 0 bridgehead atoms. The molecule has 0 aromatic heterocycles. The number of nitrogens with zero attached hydrogens (tertiary/aromatic N) is 2. The molecule has 8 nitrogen and oxygen atoms in total. The van der Waals surface area contributed by atoms with Crippen LogP contribution in [0.15, 0.2) is 47.4 Å². The zero-order valence-corrected chi connectivity index (χ0v) is 24.7. The fraction of sp³-hybridized carbons (Fsp3) is 0.481. The summed E-state index contributed by atoms with van der Waals surface area (Å²) in [5, 5.41) is 20.7. The number of benzene rings is 2. The van der Waals surface area contributed by atoms with Crippen molar-refractivity contribution in [2.75, 3.05) is 19.6 Å². The number of nitrogens with one attached hydrogen (secondary N) is 1. The Morgan fingerprint density at radius 3 is 2.33 bits per heavy atom. The summed E-state index contributed by atoms with van der Waals surface area (Å²) < 4.78 is 31.5. The number of piperidine rings is 1. The molecule has 4 rings (SSSR count). The first-order chi connectivity index (χ1) is 18.5. The van der Waals surface area contributed by atoms with Crippen LogP contribution in [0.4, 0.5) is 4.79 Å². The highest BCUT2D eigenvalue weighted by Gasteiger charge is 2.37. The van der Waals surface area contributed by atoms with Crippen LogP contribution in [0.5, 0.6) is 0 Å². The SMILES string of the molecule is CCN1CCC(C#N)(NC(=O)O)CC1.O=S(=O)(c1ccc(Cl)cc1Cl)[C@@H]1CC[C@@H](OCc2ccc(Cl)cc2)C1. The molecule has 12 heteroatoms. The normalized spacial score (nSPS) is 20.9. The molecular formula is C27H32Cl3N3O5S. The largest absolute Gasteiger partial charge is 0.465 e. The van der Waals surface area contributed by atoms with E-state index in [4.69, 9.17) is 49.9 Å². The Hall–Kier alpha value is -2.06. The van der Waals surface area contributed by atoms with Gasteiger partial charge in [0.25, 0.3) is 0 Å². The first-order valence-electron chi connectivity index (χ1n) is 12.7. The molecule has 2 atom stereocenters. The summed E-state index contributed by atoms with van der Waals surface area (Å²) in [5.74, 6) is 0. The molecule has 1 aliphatic carbocycles. The van der Waals surface area contributed by atoms with Crippen molar-refractivity contribution in [3.05, 3.63) is 63.1 Å². The second-order valence-electron chi connectivity index (χ2n) is 9.67. The molecule has 1 amide bonds. The number of ether oxygens (including phenoxy) is 1. The van der Waals surface area contributed by atoms with Gasteiger partial charge < -0.3 is 20.1 Å². The predicted molar refractivity (Wildman–Crippen MR) is 152 cm³/mol. The minimum atomic E-state index is -3.50. The molecule has 2 N–H and O–H groups in total. The van der Waals surface area contributed by atoms with Crippen LogP contribution >= 0.6 is 34.8 Å². The van der Waals surface area contributed by atoms with E-state index in [-0.39, 0.29) is 16.0 Å². The van der Waals surface area contributed by atoms with Crippen LogP contribution in [0.25, 0.3) is 0 Å². The summed E-state index contributed by atoms with van der Waals surface area (Å²) in [7, 11) is -3.50. The minimum absolute atomic E-state index is 0.0819. The van der Waals surface area contributed by atoms with Crippen molar-refractivity contribution in [1.29, 1.82) is 5.26 Å². The van der Waals surface area contributed by atoms with Crippen LogP contribution in [0, 0.1) is 11.3 Å². The van der Waals surface area contributed by atoms with E-state index < -0.39 is 26.7 Å². The van der Waals surface area contributed by atoms with Crippen LogP contribution in [0.3, 0.4) is 0 Å². The van der Waals surface area contributed by atoms with Crippen LogP contribution in [-0.2, 0) is 21.2 Å². The van der Waals surface area contributed by atoms with Gasteiger partial charge in [-0.1, -0.05) is 53.9 Å². The molecule has 2 aromatic carbocycles. The lowest BCUT2D eigenvalue weighted by Gasteiger charge is -2.36. The molecular weight excluding hydrogens is 585 g/mol. The Bertz CT molecular complexity index is 1280. The maximum absolute atomic E-state index is 12.8. The lowest BCUT2D eigenvalue weighted by atomic mass is 9.89. The first kappa shape index (κ1) is 31.5. The number of likely N-dealkylation sites (tertiary alicyclic amines) is 1. The van der Waals surface area contributed by atoms with Crippen LogP contribution in [-0.4, -0.2) is 61.0 Å². The zero-order chi connectivity index (χ0) is 28.6. The lowest BCUT2D eigenvalue weighted by Crippen LogP contribution is -2.54. The maximum atomic E-state index is 12.8. The van der Waals surface area contributed by atoms with Crippen LogP contribution in [0.2, 0.25) is 15.1 Å². The molecule has 39 heavy (non-hydrogen) atoms. The third kappa shape index (κ3) is 8.71. The molecule has 2 fully saturated rings. The monoisotopic (exact) mass is 615 g/mol. The average molecular weight is 617 g/mol. The smallest absolute Gasteiger partial charge is 0.405 e. The summed E-state index contributed by atoms with van der Waals surface area (Å²) in [6.45, 7) is 5.02. The van der Waals surface area contributed by atoms with E-state index in [0.717, 1.165) is 25.2 Å². The van der Waals surface area contributed by atoms with E-state index in [2.05, 4.69) is 23.2 Å². The number of halogens is 3. The van der Waals surface area contributed by atoms with E-state index >= 15 is 0 Å². The Labute approximate surface area is 244 Å². The van der Waals surface area contributed by atoms with Gasteiger partial charge in [-0.15, -0.1) is 0 Å². The Morgan fingerprint density at radius 1 is 1.13 bits per heavy atom. The van der Waals surface area contributed by atoms with Gasteiger partial charge in [-0.3, -0.25) is 0 Å². The summed E-state index contributed by atoms with van der Waals surface area (Å²) in [5.41, 5.74) is 0.147. The third-order valence-electron chi connectivity index (χ3n) is 7.09. The van der Waals surface area contributed by atoms with Crippen molar-refractivity contribution in [1.82, 2.24) is 10.2 Å². The number of rotatable bonds is 7. The minimum Gasteiger partial charge on any atom is -0.465 e. The summed E-state index contributed by atoms with van der Waals surface area (Å²) in [4.78, 5) is 12.9. The fourth-order valence-corrected chi connectivity index (χ4v) is 7.45. The van der Waals surface area contributed by atoms with Gasteiger partial charge in [0.05, 0.1) is 33.9 Å². The summed E-state index contributed by atoms with van der Waals surface area (Å²) in [6, 6.07) is 14.0. The Morgan fingerprint density at radius 2 is 1.77 bits per heavy atom. The molecule has 1 saturated heterocycles. The molecule has 212 valence electrons. The van der Waals surface area contributed by atoms with Crippen molar-refractivity contribution >= 4 is 50.7 Å². The van der Waals surface area contributed by atoms with Gasteiger partial charge in [-0.05, 0) is 74.5 Å². The third-order valence-corrected chi connectivity index (χ3v) is 10.3. The molecule has 2 aliphatic rings. The van der Waals surface area contributed by atoms with E-state index in [0.29, 0.717) is 48.8 Å². The number of nitriles is 1. The number of carbonyl (C=O) groups is 1. The molecule has 1 saturated carbocycles. The molecule has 0 unspecified atom stereocenters. The number of hydrogen-bond acceptors (Lipinski definition) is 6. The van der Waals surface area contributed by atoms with Gasteiger partial charge in [0.2, 0.25) is 0 Å². The van der Waals surface area contributed by atoms with Crippen molar-refractivity contribution in [3.8, 4) is 6.07 Å². The highest BCUT2D eigenvalue weighted by Crippen LogP contribution is 2.35. The number of carboxylic acid groups (broad SMARTS) is 1. The van der Waals surface area contributed by atoms with Crippen molar-refractivity contribution in [2.24, 2.45) is 0 Å². The van der Waals surface area contributed by atoms with E-state index in [1.165, 1.54) is 12.1 Å². The van der Waals surface area contributed by atoms with Crippen molar-refractivity contribution in [2.45, 2.75) is 67.4 Å². The van der Waals surface area contributed by atoms with E-state index in [1.807, 2.05) is 24.3 Å². The zero-order valence-electron chi connectivity index (χ0n) is 21.6. The fourth-order valence-electron chi connectivity index (χ4n) is 4.73. The molecule has 0 spiro atoms. The second-order valence-corrected chi connectivity index (χ2v) is 13.1. The van der Waals surface area contributed by atoms with Gasteiger partial charge in [-0.2, -0.15) is 5.26 Å². The number of sulfone groups is 1. The predicted octanol–water partition coefficient (Wildman–Crippen LogP) is 6.19. The maximum Gasteiger partial charge on any atom is 0.405 e.